The van der Waals surface area contributed by atoms with Crippen LogP contribution in [0.2, 0.25) is 0 Å². The number of carbonyl (C=O) groups is 2. The lowest BCUT2D eigenvalue weighted by molar-refractivity contribution is -0.162. The van der Waals surface area contributed by atoms with E-state index < -0.39 is 17.9 Å². The molecule has 0 spiro atoms. The van der Waals surface area contributed by atoms with Crippen molar-refractivity contribution in [3.8, 4) is 0 Å². The molecule has 3 saturated carbocycles. The van der Waals surface area contributed by atoms with Gasteiger partial charge in [0.1, 0.15) is 6.10 Å². The van der Waals surface area contributed by atoms with Gasteiger partial charge in [0.25, 0.3) is 0 Å². The number of rotatable bonds is 8. The molecule has 1 saturated heterocycles. The molecule has 4 fully saturated rings. The van der Waals surface area contributed by atoms with Crippen LogP contribution in [0.5, 0.6) is 0 Å². The Bertz CT molecular complexity index is 967. The topological polar surface area (TPSA) is 61.8 Å². The van der Waals surface area contributed by atoms with Crippen molar-refractivity contribution in [3.05, 3.63) is 11.6 Å². The number of hydrogen-bond donors (Lipinski definition) is 0. The van der Waals surface area contributed by atoms with Crippen molar-refractivity contribution >= 4 is 11.9 Å². The van der Waals surface area contributed by atoms with Crippen molar-refractivity contribution in [2.24, 2.45) is 46.3 Å². The summed E-state index contributed by atoms with van der Waals surface area (Å²) in [6.07, 6.45) is 15.3. The molecule has 4 aliphatic carbocycles. The normalized spacial score (nSPS) is 41.7. The summed E-state index contributed by atoms with van der Waals surface area (Å²) >= 11 is 0. The van der Waals surface area contributed by atoms with Crippen LogP contribution in [0.1, 0.15) is 126 Å². The molecule has 0 bridgehead atoms. The van der Waals surface area contributed by atoms with Gasteiger partial charge in [-0.1, -0.05) is 65.5 Å². The molecule has 0 aromatic rings. The van der Waals surface area contributed by atoms with E-state index in [2.05, 4.69) is 40.7 Å². The Morgan fingerprint density at radius 2 is 1.79 bits per heavy atom. The monoisotopic (exact) mass is 542 g/mol. The standard InChI is InChI=1S/C34H54O5/c1-21(2)9-8-10-22(3)26-13-14-27-25-12-11-23-19-24(15-17-33(23,6)28(25)16-18-34(26,27)7)37-30(35)20-29-31(36)39-32(4,5)38-29/h11,21-22,24-29H,8-10,12-20H2,1-7H3/t22-,24?,25+,26-,27+,28+,29+,33+,34-/m1/s1. The van der Waals surface area contributed by atoms with E-state index in [0.29, 0.717) is 5.41 Å². The van der Waals surface area contributed by atoms with Gasteiger partial charge in [-0.15, -0.1) is 0 Å². The lowest BCUT2D eigenvalue weighted by atomic mass is 9.47. The second-order valence-electron chi connectivity index (χ2n) is 15.3. The molecule has 5 rings (SSSR count). The first-order valence-corrected chi connectivity index (χ1v) is 16.1. The summed E-state index contributed by atoms with van der Waals surface area (Å²) in [5, 5.41) is 0. The second kappa shape index (κ2) is 10.8. The first kappa shape index (κ1) is 29.1. The first-order valence-electron chi connectivity index (χ1n) is 16.1. The van der Waals surface area contributed by atoms with Crippen LogP contribution in [0.4, 0.5) is 0 Å². The third-order valence-electron chi connectivity index (χ3n) is 11.9. The third kappa shape index (κ3) is 5.60. The maximum atomic E-state index is 12.7. The molecule has 1 unspecified atom stereocenters. The largest absolute Gasteiger partial charge is 0.462 e. The summed E-state index contributed by atoms with van der Waals surface area (Å²) in [4.78, 5) is 24.8. The minimum atomic E-state index is -0.973. The van der Waals surface area contributed by atoms with Gasteiger partial charge in [-0.2, -0.15) is 0 Å². The van der Waals surface area contributed by atoms with Gasteiger partial charge in [-0.3, -0.25) is 4.79 Å². The maximum absolute atomic E-state index is 12.7. The van der Waals surface area contributed by atoms with E-state index in [4.69, 9.17) is 14.2 Å². The zero-order valence-electron chi connectivity index (χ0n) is 25.7. The van der Waals surface area contributed by atoms with E-state index >= 15 is 0 Å². The average Bonchev–Trinajstić information content (AvgIpc) is 3.33. The van der Waals surface area contributed by atoms with E-state index in [1.165, 1.54) is 56.9 Å². The van der Waals surface area contributed by atoms with E-state index in [9.17, 15) is 9.59 Å². The molecule has 9 atom stereocenters. The molecular weight excluding hydrogens is 488 g/mol. The third-order valence-corrected chi connectivity index (χ3v) is 11.9. The van der Waals surface area contributed by atoms with Crippen LogP contribution in [0.25, 0.3) is 0 Å². The van der Waals surface area contributed by atoms with Crippen molar-refractivity contribution in [2.75, 3.05) is 0 Å². The summed E-state index contributed by atoms with van der Waals surface area (Å²) in [6, 6.07) is 0. The van der Waals surface area contributed by atoms with Crippen molar-refractivity contribution in [1.82, 2.24) is 0 Å². The van der Waals surface area contributed by atoms with Crippen LogP contribution in [-0.2, 0) is 23.8 Å². The van der Waals surface area contributed by atoms with Crippen LogP contribution in [0, 0.1) is 46.3 Å². The Morgan fingerprint density at radius 1 is 1.03 bits per heavy atom. The predicted molar refractivity (Wildman–Crippen MR) is 153 cm³/mol. The quantitative estimate of drug-likeness (QED) is 0.230. The highest BCUT2D eigenvalue weighted by atomic mass is 16.8. The van der Waals surface area contributed by atoms with Crippen LogP contribution >= 0.6 is 0 Å². The smallest absolute Gasteiger partial charge is 0.338 e. The van der Waals surface area contributed by atoms with Crippen molar-refractivity contribution < 1.29 is 23.8 Å². The Hall–Kier alpha value is -1.36. The van der Waals surface area contributed by atoms with Gasteiger partial charge in [-0.25, -0.2) is 4.79 Å². The minimum Gasteiger partial charge on any atom is -0.462 e. The van der Waals surface area contributed by atoms with Gasteiger partial charge in [0, 0.05) is 20.3 Å². The van der Waals surface area contributed by atoms with Crippen molar-refractivity contribution in [3.63, 3.8) is 0 Å². The molecule has 39 heavy (non-hydrogen) atoms. The zero-order valence-corrected chi connectivity index (χ0v) is 25.7. The van der Waals surface area contributed by atoms with Gasteiger partial charge in [0.05, 0.1) is 6.42 Å². The zero-order chi connectivity index (χ0) is 28.2. The molecule has 0 aromatic heterocycles. The molecule has 1 aliphatic heterocycles. The van der Waals surface area contributed by atoms with E-state index in [0.717, 1.165) is 54.8 Å². The van der Waals surface area contributed by atoms with E-state index in [1.54, 1.807) is 13.8 Å². The Morgan fingerprint density at radius 3 is 2.49 bits per heavy atom. The molecule has 0 N–H and O–H groups in total. The highest BCUT2D eigenvalue weighted by Gasteiger charge is 2.59. The van der Waals surface area contributed by atoms with Crippen LogP contribution < -0.4 is 0 Å². The molecule has 5 heteroatoms. The SMILES string of the molecule is CC(C)CCC[C@@H](C)[C@H]1CC[C@H]2[C@@H]3CC=C4CC(OC(=O)C[C@@H]5OC(C)(C)OC5=O)CC[C@]4(C)[C@H]3CC[C@]12C. The molecule has 5 aliphatic rings. The fourth-order valence-corrected chi connectivity index (χ4v) is 9.99. The van der Waals surface area contributed by atoms with E-state index in [-0.39, 0.29) is 23.9 Å². The summed E-state index contributed by atoms with van der Waals surface area (Å²) in [5.41, 5.74) is 2.26. The fourth-order valence-electron chi connectivity index (χ4n) is 9.99. The predicted octanol–water partition coefficient (Wildman–Crippen LogP) is 8.01. The molecule has 0 radical (unpaired) electrons. The van der Waals surface area contributed by atoms with Gasteiger partial charge >= 0.3 is 11.9 Å². The average molecular weight is 543 g/mol. The number of cyclic esters (lactones) is 1. The van der Waals surface area contributed by atoms with Gasteiger partial charge in [0.15, 0.2) is 6.10 Å². The molecule has 0 amide bonds. The molecule has 220 valence electrons. The number of ether oxygens (including phenoxy) is 3. The highest BCUT2D eigenvalue weighted by molar-refractivity contribution is 5.83. The molecule has 0 aromatic carbocycles. The van der Waals surface area contributed by atoms with Crippen LogP contribution in [0.15, 0.2) is 11.6 Å². The van der Waals surface area contributed by atoms with Crippen molar-refractivity contribution in [2.45, 2.75) is 144 Å². The fraction of sp³-hybridized carbons (Fsp3) is 0.882. The lowest BCUT2D eigenvalue weighted by Gasteiger charge is -2.58. The van der Waals surface area contributed by atoms with Crippen molar-refractivity contribution in [1.29, 1.82) is 0 Å². The van der Waals surface area contributed by atoms with E-state index in [1.807, 2.05) is 0 Å². The van der Waals surface area contributed by atoms with Gasteiger partial charge in [0.2, 0.25) is 5.79 Å². The second-order valence-corrected chi connectivity index (χ2v) is 15.3. The highest BCUT2D eigenvalue weighted by Crippen LogP contribution is 2.67. The lowest BCUT2D eigenvalue weighted by Crippen LogP contribution is -2.51. The molecule has 1 heterocycles. The number of hydrogen-bond acceptors (Lipinski definition) is 5. The summed E-state index contributed by atoms with van der Waals surface area (Å²) in [5.74, 6) is 3.15. The summed E-state index contributed by atoms with van der Waals surface area (Å²) < 4.78 is 16.7. The number of fused-ring (bicyclic) bond motifs is 5. The summed E-state index contributed by atoms with van der Waals surface area (Å²) in [7, 11) is 0. The van der Waals surface area contributed by atoms with Gasteiger partial charge < -0.3 is 14.2 Å². The number of allylic oxidation sites excluding steroid dienone is 1. The first-order chi connectivity index (χ1) is 18.3. The number of esters is 2. The minimum absolute atomic E-state index is 0.0723. The number of carbonyl (C=O) groups excluding carboxylic acids is 2. The maximum Gasteiger partial charge on any atom is 0.338 e. The Kier molecular flexibility index (Phi) is 8.07. The molecular formula is C34H54O5. The summed E-state index contributed by atoms with van der Waals surface area (Å²) in [6.45, 7) is 15.8. The van der Waals surface area contributed by atoms with Crippen LogP contribution in [0.3, 0.4) is 0 Å². The van der Waals surface area contributed by atoms with Gasteiger partial charge in [-0.05, 0) is 91.3 Å². The Labute approximate surface area is 237 Å². The molecule has 5 nitrogen and oxygen atoms in total. The Balaban J connectivity index is 1.20. The van der Waals surface area contributed by atoms with Crippen LogP contribution in [-0.4, -0.2) is 29.9 Å².